The second-order valence-corrected chi connectivity index (χ2v) is 7.09. The lowest BCUT2D eigenvalue weighted by atomic mass is 10.1. The minimum atomic E-state index is -3.77. The summed E-state index contributed by atoms with van der Waals surface area (Å²) in [4.78, 5) is -0.0251. The summed E-state index contributed by atoms with van der Waals surface area (Å²) < 4.78 is 32.2. The maximum atomic E-state index is 12.3. The minimum absolute atomic E-state index is 0.0251. The first-order chi connectivity index (χ1) is 9.72. The largest absolute Gasteiger partial charge is 0.384 e. The molecule has 0 amide bonds. The molecule has 0 aliphatic carbocycles. The van der Waals surface area contributed by atoms with Gasteiger partial charge >= 0.3 is 0 Å². The third-order valence-corrected chi connectivity index (χ3v) is 4.63. The minimum Gasteiger partial charge on any atom is -0.384 e. The lowest BCUT2D eigenvalue weighted by Gasteiger charge is -2.25. The fourth-order valence-electron chi connectivity index (χ4n) is 1.75. The van der Waals surface area contributed by atoms with Crippen LogP contribution < -0.4 is 4.72 Å². The molecule has 116 valence electrons. The number of benzene rings is 1. The standard InChI is InChI=1S/C14H18ClNO4S/c1-14(2,10-20-3)16-21(18,19)13-7-6-11(5-4-8-17)9-12(13)15/h6-7,9,16-17H,8,10H2,1-3H3. The third-order valence-electron chi connectivity index (χ3n) is 2.45. The van der Waals surface area contributed by atoms with Gasteiger partial charge < -0.3 is 9.84 Å². The van der Waals surface area contributed by atoms with Crippen molar-refractivity contribution in [3.05, 3.63) is 28.8 Å². The van der Waals surface area contributed by atoms with Crippen molar-refractivity contribution in [3.8, 4) is 11.8 Å². The van der Waals surface area contributed by atoms with Crippen LogP contribution in [0.3, 0.4) is 0 Å². The molecule has 5 nitrogen and oxygen atoms in total. The van der Waals surface area contributed by atoms with Crippen LogP contribution in [0, 0.1) is 11.8 Å². The van der Waals surface area contributed by atoms with Gasteiger partial charge in [0.1, 0.15) is 11.5 Å². The van der Waals surface area contributed by atoms with Gasteiger partial charge in [-0.1, -0.05) is 23.4 Å². The molecule has 7 heteroatoms. The topological polar surface area (TPSA) is 75.6 Å². The van der Waals surface area contributed by atoms with Gasteiger partial charge in [-0.15, -0.1) is 0 Å². The molecule has 0 saturated heterocycles. The Morgan fingerprint density at radius 1 is 1.43 bits per heavy atom. The summed E-state index contributed by atoms with van der Waals surface area (Å²) in [7, 11) is -2.27. The maximum absolute atomic E-state index is 12.3. The van der Waals surface area contributed by atoms with Crippen LogP contribution in [0.2, 0.25) is 5.02 Å². The maximum Gasteiger partial charge on any atom is 0.242 e. The van der Waals surface area contributed by atoms with E-state index in [0.29, 0.717) is 5.56 Å². The first-order valence-corrected chi connectivity index (χ1v) is 8.00. The lowest BCUT2D eigenvalue weighted by Crippen LogP contribution is -2.46. The van der Waals surface area contributed by atoms with Crippen LogP contribution in [0.15, 0.2) is 23.1 Å². The molecule has 21 heavy (non-hydrogen) atoms. The van der Waals surface area contributed by atoms with Crippen molar-refractivity contribution in [2.75, 3.05) is 20.3 Å². The average molecular weight is 332 g/mol. The van der Waals surface area contributed by atoms with Crippen molar-refractivity contribution >= 4 is 21.6 Å². The summed E-state index contributed by atoms with van der Waals surface area (Å²) in [6.07, 6.45) is 0. The van der Waals surface area contributed by atoms with Crippen molar-refractivity contribution < 1.29 is 18.3 Å². The summed E-state index contributed by atoms with van der Waals surface area (Å²) >= 11 is 6.02. The second-order valence-electron chi connectivity index (χ2n) is 5.03. The number of ether oxygens (including phenoxy) is 1. The molecule has 0 bridgehead atoms. The van der Waals surface area contributed by atoms with Gasteiger partial charge in [-0.05, 0) is 32.0 Å². The van der Waals surface area contributed by atoms with Crippen LogP contribution in [-0.2, 0) is 14.8 Å². The molecule has 0 unspecified atom stereocenters. The monoisotopic (exact) mass is 331 g/mol. The van der Waals surface area contributed by atoms with Gasteiger partial charge in [-0.25, -0.2) is 13.1 Å². The molecular formula is C14H18ClNO4S. The smallest absolute Gasteiger partial charge is 0.242 e. The van der Waals surface area contributed by atoms with Crippen molar-refractivity contribution in [2.45, 2.75) is 24.3 Å². The molecule has 0 aromatic heterocycles. The van der Waals surface area contributed by atoms with Gasteiger partial charge in [0.05, 0.1) is 17.2 Å². The van der Waals surface area contributed by atoms with Gasteiger partial charge in [0.15, 0.2) is 0 Å². The van der Waals surface area contributed by atoms with E-state index in [-0.39, 0.29) is 23.1 Å². The predicted octanol–water partition coefficient (Wildman–Crippen LogP) is 1.39. The van der Waals surface area contributed by atoms with E-state index in [4.69, 9.17) is 21.4 Å². The van der Waals surface area contributed by atoms with Gasteiger partial charge in [0.25, 0.3) is 0 Å². The lowest BCUT2D eigenvalue weighted by molar-refractivity contribution is 0.141. The Hall–Kier alpha value is -1.10. The highest BCUT2D eigenvalue weighted by molar-refractivity contribution is 7.89. The molecule has 0 heterocycles. The summed E-state index contributed by atoms with van der Waals surface area (Å²) in [5.74, 6) is 5.13. The quantitative estimate of drug-likeness (QED) is 0.799. The van der Waals surface area contributed by atoms with Crippen molar-refractivity contribution in [1.29, 1.82) is 0 Å². The molecule has 1 aromatic rings. The number of hydrogen-bond donors (Lipinski definition) is 2. The zero-order valence-corrected chi connectivity index (χ0v) is 13.7. The fourth-order valence-corrected chi connectivity index (χ4v) is 3.69. The average Bonchev–Trinajstić information content (AvgIpc) is 2.34. The van der Waals surface area contributed by atoms with E-state index in [0.717, 1.165) is 0 Å². The van der Waals surface area contributed by atoms with Crippen molar-refractivity contribution in [1.82, 2.24) is 4.72 Å². The second kappa shape index (κ2) is 7.25. The summed E-state index contributed by atoms with van der Waals surface area (Å²) in [6.45, 7) is 3.38. The number of rotatable bonds is 5. The molecule has 0 fully saturated rings. The number of sulfonamides is 1. The molecule has 0 atom stereocenters. The number of methoxy groups -OCH3 is 1. The van der Waals surface area contributed by atoms with E-state index in [2.05, 4.69) is 16.6 Å². The Morgan fingerprint density at radius 2 is 2.10 bits per heavy atom. The molecule has 0 spiro atoms. The van der Waals surface area contributed by atoms with Crippen molar-refractivity contribution in [2.24, 2.45) is 0 Å². The van der Waals surface area contributed by atoms with Crippen LogP contribution in [0.25, 0.3) is 0 Å². The molecule has 1 rings (SSSR count). The fraction of sp³-hybridized carbons (Fsp3) is 0.429. The summed E-state index contributed by atoms with van der Waals surface area (Å²) in [5, 5.41) is 8.70. The Labute approximate surface area is 130 Å². The molecule has 2 N–H and O–H groups in total. The molecule has 0 aliphatic heterocycles. The van der Waals surface area contributed by atoms with Crippen LogP contribution >= 0.6 is 11.6 Å². The van der Waals surface area contributed by atoms with Gasteiger partial charge in [-0.3, -0.25) is 0 Å². The highest BCUT2D eigenvalue weighted by atomic mass is 35.5. The zero-order chi connectivity index (χ0) is 16.1. The van der Waals surface area contributed by atoms with Gasteiger partial charge in [0, 0.05) is 12.7 Å². The van der Waals surface area contributed by atoms with Crippen LogP contribution in [0.5, 0.6) is 0 Å². The predicted molar refractivity (Wildman–Crippen MR) is 81.7 cm³/mol. The van der Waals surface area contributed by atoms with E-state index in [1.165, 1.54) is 25.3 Å². The van der Waals surface area contributed by atoms with E-state index in [1.807, 2.05) is 0 Å². The molecule has 0 radical (unpaired) electrons. The molecular weight excluding hydrogens is 314 g/mol. The number of hydrogen-bond acceptors (Lipinski definition) is 4. The summed E-state index contributed by atoms with van der Waals surface area (Å²) in [5.41, 5.74) is -0.226. The Bertz CT molecular complexity index is 659. The zero-order valence-electron chi connectivity index (χ0n) is 12.1. The summed E-state index contributed by atoms with van der Waals surface area (Å²) in [6, 6.07) is 4.36. The first kappa shape index (κ1) is 18.0. The Morgan fingerprint density at radius 3 is 2.62 bits per heavy atom. The van der Waals surface area contributed by atoms with E-state index < -0.39 is 15.6 Å². The number of aliphatic hydroxyl groups excluding tert-OH is 1. The Kier molecular flexibility index (Phi) is 6.20. The van der Waals surface area contributed by atoms with Gasteiger partial charge in [0.2, 0.25) is 10.0 Å². The van der Waals surface area contributed by atoms with E-state index in [9.17, 15) is 8.42 Å². The number of halogens is 1. The number of aliphatic hydroxyl groups is 1. The van der Waals surface area contributed by atoms with E-state index in [1.54, 1.807) is 13.8 Å². The normalized spacial score (nSPS) is 11.9. The molecule has 0 saturated carbocycles. The van der Waals surface area contributed by atoms with Gasteiger partial charge in [-0.2, -0.15) is 0 Å². The third kappa shape index (κ3) is 5.30. The van der Waals surface area contributed by atoms with Crippen LogP contribution in [0.1, 0.15) is 19.4 Å². The molecule has 0 aliphatic rings. The first-order valence-electron chi connectivity index (χ1n) is 6.14. The van der Waals surface area contributed by atoms with Crippen LogP contribution in [-0.4, -0.2) is 39.4 Å². The van der Waals surface area contributed by atoms with E-state index >= 15 is 0 Å². The highest BCUT2D eigenvalue weighted by Crippen LogP contribution is 2.23. The number of nitrogens with one attached hydrogen (secondary N) is 1. The Balaban J connectivity index is 3.10. The highest BCUT2D eigenvalue weighted by Gasteiger charge is 2.27. The van der Waals surface area contributed by atoms with Crippen molar-refractivity contribution in [3.63, 3.8) is 0 Å². The SMILES string of the molecule is COCC(C)(C)NS(=O)(=O)c1ccc(C#CCO)cc1Cl. The molecule has 1 aromatic carbocycles. The van der Waals surface area contributed by atoms with Crippen LogP contribution in [0.4, 0.5) is 0 Å².